The molecule has 0 bridgehead atoms. The van der Waals surface area contributed by atoms with Crippen LogP contribution >= 0.6 is 0 Å². The van der Waals surface area contributed by atoms with Gasteiger partial charge < -0.3 is 5.11 Å². The number of aryl methyl sites for hydroxylation is 2. The van der Waals surface area contributed by atoms with Gasteiger partial charge in [-0.1, -0.05) is 29.8 Å². The van der Waals surface area contributed by atoms with Crippen molar-refractivity contribution in [3.05, 3.63) is 47.0 Å². The smallest absolute Gasteiger partial charge is 0.307 e. The summed E-state index contributed by atoms with van der Waals surface area (Å²) >= 11 is 0. The fraction of sp³-hybridized carbons (Fsp3) is 0.400. The van der Waals surface area contributed by atoms with Gasteiger partial charge in [-0.3, -0.25) is 4.79 Å². The van der Waals surface area contributed by atoms with Gasteiger partial charge in [0.1, 0.15) is 5.82 Å². The van der Waals surface area contributed by atoms with Crippen LogP contribution in [0.4, 0.5) is 0 Å². The van der Waals surface area contributed by atoms with Crippen molar-refractivity contribution in [1.29, 1.82) is 0 Å². The van der Waals surface area contributed by atoms with E-state index in [0.717, 1.165) is 11.6 Å². The average Bonchev–Trinajstić information content (AvgIpc) is 2.82. The van der Waals surface area contributed by atoms with Crippen molar-refractivity contribution in [2.45, 2.75) is 32.7 Å². The number of aromatic nitrogens is 3. The predicted molar refractivity (Wildman–Crippen MR) is 73.5 cm³/mol. The minimum atomic E-state index is -0.737. The Morgan fingerprint density at radius 2 is 2.15 bits per heavy atom. The molecule has 0 fully saturated rings. The van der Waals surface area contributed by atoms with E-state index >= 15 is 0 Å². The van der Waals surface area contributed by atoms with Gasteiger partial charge in [-0.2, -0.15) is 5.10 Å². The zero-order valence-electron chi connectivity index (χ0n) is 11.4. The van der Waals surface area contributed by atoms with Gasteiger partial charge in [-0.05, 0) is 18.9 Å². The highest BCUT2D eigenvalue weighted by Crippen LogP contribution is 2.19. The first-order valence-electron chi connectivity index (χ1n) is 6.83. The molecule has 5 heteroatoms. The van der Waals surface area contributed by atoms with E-state index in [1.54, 1.807) is 0 Å². The first-order chi connectivity index (χ1) is 9.61. The number of aliphatic carboxylic acids is 1. The molecule has 1 unspecified atom stereocenters. The maximum atomic E-state index is 11.0. The third kappa shape index (κ3) is 2.57. The van der Waals surface area contributed by atoms with Crippen molar-refractivity contribution in [2.75, 3.05) is 0 Å². The molecule has 1 aromatic carbocycles. The lowest BCUT2D eigenvalue weighted by Crippen LogP contribution is -2.26. The highest BCUT2D eigenvalue weighted by molar-refractivity contribution is 5.70. The maximum absolute atomic E-state index is 11.0. The van der Waals surface area contributed by atoms with Crippen molar-refractivity contribution in [3.63, 3.8) is 0 Å². The van der Waals surface area contributed by atoms with Crippen LogP contribution in [-0.4, -0.2) is 25.8 Å². The van der Waals surface area contributed by atoms with Gasteiger partial charge in [0.15, 0.2) is 5.82 Å². The Hall–Kier alpha value is -2.17. The van der Waals surface area contributed by atoms with E-state index in [0.29, 0.717) is 25.8 Å². The zero-order chi connectivity index (χ0) is 14.1. The van der Waals surface area contributed by atoms with Crippen molar-refractivity contribution in [1.82, 2.24) is 14.8 Å². The zero-order valence-corrected chi connectivity index (χ0v) is 11.4. The summed E-state index contributed by atoms with van der Waals surface area (Å²) in [5.74, 6) is 0.513. The Bertz CT molecular complexity index is 631. The third-order valence-electron chi connectivity index (χ3n) is 3.74. The summed E-state index contributed by atoms with van der Waals surface area (Å²) in [5.41, 5.74) is 2.41. The third-order valence-corrected chi connectivity index (χ3v) is 3.74. The van der Waals surface area contributed by atoms with Crippen molar-refractivity contribution < 1.29 is 9.90 Å². The summed E-state index contributed by atoms with van der Waals surface area (Å²) < 4.78 is 1.85. The largest absolute Gasteiger partial charge is 0.481 e. The number of fused-ring (bicyclic) bond motifs is 1. The summed E-state index contributed by atoms with van der Waals surface area (Å²) in [4.78, 5) is 15.5. The summed E-state index contributed by atoms with van der Waals surface area (Å²) in [6.45, 7) is 2.70. The lowest BCUT2D eigenvalue weighted by atomic mass is 9.98. The molecule has 20 heavy (non-hydrogen) atoms. The van der Waals surface area contributed by atoms with Crippen LogP contribution in [0.2, 0.25) is 0 Å². The molecule has 0 aliphatic carbocycles. The number of carboxylic acid groups (broad SMARTS) is 1. The molecule has 104 valence electrons. The van der Waals surface area contributed by atoms with E-state index in [1.807, 2.05) is 4.68 Å². The van der Waals surface area contributed by atoms with Gasteiger partial charge >= 0.3 is 5.97 Å². The second kappa shape index (κ2) is 5.07. The number of nitrogens with zero attached hydrogens (tertiary/aromatic N) is 3. The average molecular weight is 271 g/mol. The van der Waals surface area contributed by atoms with Crippen LogP contribution in [0.3, 0.4) is 0 Å². The second-order valence-corrected chi connectivity index (χ2v) is 5.36. The number of carboxylic acids is 1. The van der Waals surface area contributed by atoms with E-state index in [-0.39, 0.29) is 5.92 Å². The number of hydrogen-bond donors (Lipinski definition) is 1. The van der Waals surface area contributed by atoms with Gasteiger partial charge in [0.25, 0.3) is 0 Å². The first kappa shape index (κ1) is 12.8. The maximum Gasteiger partial charge on any atom is 0.307 e. The SMILES string of the molecule is Cc1ccc(Cc2nc3n(n2)CCC(C(=O)O)C3)cc1. The molecular weight excluding hydrogens is 254 g/mol. The highest BCUT2D eigenvalue weighted by Gasteiger charge is 2.26. The molecule has 0 spiro atoms. The molecule has 5 nitrogen and oxygen atoms in total. The summed E-state index contributed by atoms with van der Waals surface area (Å²) in [6, 6.07) is 8.31. The molecule has 1 aromatic heterocycles. The molecule has 0 radical (unpaired) electrons. The number of benzene rings is 1. The predicted octanol–water partition coefficient (Wildman–Crippen LogP) is 1.82. The minimum Gasteiger partial charge on any atom is -0.481 e. The molecule has 3 rings (SSSR count). The molecule has 0 saturated heterocycles. The molecule has 2 heterocycles. The van der Waals surface area contributed by atoms with Gasteiger partial charge in [0, 0.05) is 19.4 Å². The van der Waals surface area contributed by atoms with Crippen LogP contribution in [-0.2, 0) is 24.2 Å². The molecule has 1 aliphatic heterocycles. The molecule has 0 saturated carbocycles. The van der Waals surface area contributed by atoms with Gasteiger partial charge in [0.05, 0.1) is 5.92 Å². The van der Waals surface area contributed by atoms with Gasteiger partial charge in [-0.15, -0.1) is 0 Å². The fourth-order valence-electron chi connectivity index (χ4n) is 2.53. The first-order valence-corrected chi connectivity index (χ1v) is 6.83. The van der Waals surface area contributed by atoms with Gasteiger partial charge in [0.2, 0.25) is 0 Å². The Balaban J connectivity index is 1.77. The van der Waals surface area contributed by atoms with Crippen LogP contribution in [0.15, 0.2) is 24.3 Å². The van der Waals surface area contributed by atoms with E-state index in [2.05, 4.69) is 41.3 Å². The van der Waals surface area contributed by atoms with Crippen molar-refractivity contribution in [2.24, 2.45) is 5.92 Å². The van der Waals surface area contributed by atoms with E-state index in [1.165, 1.54) is 11.1 Å². The Morgan fingerprint density at radius 1 is 1.40 bits per heavy atom. The lowest BCUT2D eigenvalue weighted by molar-refractivity contribution is -0.142. The van der Waals surface area contributed by atoms with Crippen LogP contribution in [0.1, 0.15) is 29.2 Å². The van der Waals surface area contributed by atoms with E-state index in [9.17, 15) is 4.79 Å². The molecule has 0 amide bonds. The van der Waals surface area contributed by atoms with E-state index < -0.39 is 5.97 Å². The summed E-state index contributed by atoms with van der Waals surface area (Å²) in [5, 5.41) is 13.5. The summed E-state index contributed by atoms with van der Waals surface area (Å²) in [6.07, 6.45) is 1.81. The van der Waals surface area contributed by atoms with Gasteiger partial charge in [-0.25, -0.2) is 9.67 Å². The Labute approximate surface area is 117 Å². The second-order valence-electron chi connectivity index (χ2n) is 5.36. The Morgan fingerprint density at radius 3 is 2.85 bits per heavy atom. The molecule has 1 atom stereocenters. The van der Waals surface area contributed by atoms with Crippen LogP contribution < -0.4 is 0 Å². The van der Waals surface area contributed by atoms with Crippen LogP contribution in [0.25, 0.3) is 0 Å². The number of rotatable bonds is 3. The molecular formula is C15H17N3O2. The highest BCUT2D eigenvalue weighted by atomic mass is 16.4. The van der Waals surface area contributed by atoms with Crippen LogP contribution in [0.5, 0.6) is 0 Å². The standard InChI is InChI=1S/C15H17N3O2/c1-10-2-4-11(5-3-10)8-13-16-14-9-12(15(19)20)6-7-18(14)17-13/h2-5,12H,6-9H2,1H3,(H,19,20). The molecule has 1 aliphatic rings. The monoisotopic (exact) mass is 271 g/mol. The molecule has 2 aromatic rings. The van der Waals surface area contributed by atoms with E-state index in [4.69, 9.17) is 5.11 Å². The Kier molecular flexibility index (Phi) is 3.26. The number of carbonyl (C=O) groups is 1. The van der Waals surface area contributed by atoms with Crippen LogP contribution in [0, 0.1) is 12.8 Å². The summed E-state index contributed by atoms with van der Waals surface area (Å²) in [7, 11) is 0. The normalized spacial score (nSPS) is 17.8. The fourth-order valence-corrected chi connectivity index (χ4v) is 2.53. The van der Waals surface area contributed by atoms with Crippen molar-refractivity contribution >= 4 is 5.97 Å². The quantitative estimate of drug-likeness (QED) is 0.924. The number of hydrogen-bond acceptors (Lipinski definition) is 3. The molecule has 1 N–H and O–H groups in total. The minimum absolute atomic E-state index is 0.320. The van der Waals surface area contributed by atoms with Crippen molar-refractivity contribution in [3.8, 4) is 0 Å². The lowest BCUT2D eigenvalue weighted by Gasteiger charge is -2.17. The topological polar surface area (TPSA) is 68.0 Å².